The number of carbonyl (C=O) groups excluding carboxylic acids is 2. The predicted octanol–water partition coefficient (Wildman–Crippen LogP) is 5.49. The fourth-order valence-corrected chi connectivity index (χ4v) is 4.17. The van der Waals surface area contributed by atoms with Gasteiger partial charge in [0.05, 0.1) is 12.8 Å². The number of anilines is 1. The average molecular weight is 542 g/mol. The van der Waals surface area contributed by atoms with Crippen LogP contribution >= 0.6 is 15.9 Å². The van der Waals surface area contributed by atoms with Crippen molar-refractivity contribution < 1.29 is 23.5 Å². The Bertz CT molecular complexity index is 1170. The number of nitrogens with zero attached hydrogens (tertiary/aromatic N) is 2. The van der Waals surface area contributed by atoms with Crippen molar-refractivity contribution in [1.29, 1.82) is 0 Å². The summed E-state index contributed by atoms with van der Waals surface area (Å²) in [4.78, 5) is 29.8. The van der Waals surface area contributed by atoms with Gasteiger partial charge in [-0.3, -0.25) is 4.79 Å². The van der Waals surface area contributed by atoms with Gasteiger partial charge in [0.2, 0.25) is 12.7 Å². The van der Waals surface area contributed by atoms with Gasteiger partial charge in [-0.2, -0.15) is 0 Å². The molecule has 184 valence electrons. The molecule has 0 atom stereocenters. The largest absolute Gasteiger partial charge is 0.467 e. The van der Waals surface area contributed by atoms with Crippen LogP contribution in [0.2, 0.25) is 0 Å². The second kappa shape index (κ2) is 11.3. The molecule has 3 aromatic rings. The summed E-state index contributed by atoms with van der Waals surface area (Å²) >= 11 is 3.42. The molecule has 8 nitrogen and oxygen atoms in total. The van der Waals surface area contributed by atoms with Gasteiger partial charge in [0.15, 0.2) is 11.5 Å². The van der Waals surface area contributed by atoms with E-state index < -0.39 is 0 Å². The zero-order chi connectivity index (χ0) is 24.8. The van der Waals surface area contributed by atoms with Gasteiger partial charge < -0.3 is 29.0 Å². The summed E-state index contributed by atoms with van der Waals surface area (Å²) in [5, 5.41) is 2.89. The molecule has 1 aliphatic heterocycles. The topological polar surface area (TPSA) is 84.2 Å². The number of fused-ring (bicyclic) bond motifs is 1. The lowest BCUT2D eigenvalue weighted by Gasteiger charge is -2.28. The van der Waals surface area contributed by atoms with E-state index in [1.165, 1.54) is 0 Å². The Morgan fingerprint density at radius 1 is 1.00 bits per heavy atom. The lowest BCUT2D eigenvalue weighted by Crippen LogP contribution is -2.45. The van der Waals surface area contributed by atoms with Gasteiger partial charge >= 0.3 is 6.03 Å². The van der Waals surface area contributed by atoms with Crippen molar-refractivity contribution in [2.75, 3.05) is 25.2 Å². The highest BCUT2D eigenvalue weighted by atomic mass is 79.9. The molecule has 9 heteroatoms. The number of carbonyl (C=O) groups is 2. The number of hydrogen-bond donors (Lipinski definition) is 1. The number of rotatable bonds is 9. The molecule has 0 saturated heterocycles. The highest BCUT2D eigenvalue weighted by Gasteiger charge is 2.24. The van der Waals surface area contributed by atoms with E-state index in [1.54, 1.807) is 28.2 Å². The first kappa shape index (κ1) is 24.7. The summed E-state index contributed by atoms with van der Waals surface area (Å²) in [7, 11) is 0. The maximum atomic E-state index is 13.5. The van der Waals surface area contributed by atoms with Gasteiger partial charge in [-0.15, -0.1) is 0 Å². The zero-order valence-corrected chi connectivity index (χ0v) is 21.3. The van der Waals surface area contributed by atoms with E-state index in [1.807, 2.05) is 56.3 Å². The molecule has 0 radical (unpaired) electrons. The molecule has 0 bridgehead atoms. The van der Waals surface area contributed by atoms with Gasteiger partial charge in [0.25, 0.3) is 0 Å². The van der Waals surface area contributed by atoms with Crippen LogP contribution < -0.4 is 14.8 Å². The summed E-state index contributed by atoms with van der Waals surface area (Å²) in [6, 6.07) is 16.2. The minimum Gasteiger partial charge on any atom is -0.467 e. The normalized spacial score (nSPS) is 12.0. The van der Waals surface area contributed by atoms with E-state index in [9.17, 15) is 9.59 Å². The number of urea groups is 1. The number of furan rings is 1. The Kier molecular flexibility index (Phi) is 7.97. The standard InChI is InChI=1S/C26H28BrN3O5/c1-18(2)13-30(26(32)28-21-6-3-5-20(27)12-21)16-25(31)29(15-22-7-4-10-33-22)14-19-8-9-23-24(11-19)35-17-34-23/h3-12,18H,13-17H2,1-2H3,(H,28,32). The molecule has 2 heterocycles. The minimum absolute atomic E-state index is 0.0662. The number of hydrogen-bond acceptors (Lipinski definition) is 5. The third-order valence-corrected chi connectivity index (χ3v) is 5.86. The van der Waals surface area contributed by atoms with Crippen LogP contribution in [0.1, 0.15) is 25.2 Å². The molecular formula is C26H28BrN3O5. The quantitative estimate of drug-likeness (QED) is 0.387. The van der Waals surface area contributed by atoms with Crippen LogP contribution in [0.4, 0.5) is 10.5 Å². The molecule has 1 aliphatic rings. The first-order valence-electron chi connectivity index (χ1n) is 11.4. The van der Waals surface area contributed by atoms with Gasteiger partial charge in [0, 0.05) is 23.2 Å². The van der Waals surface area contributed by atoms with E-state index >= 15 is 0 Å². The summed E-state index contributed by atoms with van der Waals surface area (Å²) in [6.45, 7) is 5.19. The minimum atomic E-state index is -0.328. The Balaban J connectivity index is 1.50. The van der Waals surface area contributed by atoms with Gasteiger partial charge in [-0.25, -0.2) is 4.79 Å². The van der Waals surface area contributed by atoms with Gasteiger partial charge in [-0.1, -0.05) is 41.9 Å². The number of amides is 3. The predicted molar refractivity (Wildman–Crippen MR) is 135 cm³/mol. The molecule has 2 aromatic carbocycles. The monoisotopic (exact) mass is 541 g/mol. The third kappa shape index (κ3) is 6.79. The first-order chi connectivity index (χ1) is 16.9. The summed E-state index contributed by atoms with van der Waals surface area (Å²) < 4.78 is 17.2. The van der Waals surface area contributed by atoms with Crippen molar-refractivity contribution in [1.82, 2.24) is 9.80 Å². The molecule has 35 heavy (non-hydrogen) atoms. The van der Waals surface area contributed by atoms with Crippen molar-refractivity contribution >= 4 is 33.6 Å². The van der Waals surface area contributed by atoms with E-state index in [0.29, 0.717) is 36.0 Å². The summed E-state index contributed by atoms with van der Waals surface area (Å²) in [5.74, 6) is 1.99. The number of nitrogens with one attached hydrogen (secondary N) is 1. The maximum absolute atomic E-state index is 13.5. The van der Waals surface area contributed by atoms with E-state index in [2.05, 4.69) is 21.2 Å². The summed E-state index contributed by atoms with van der Waals surface area (Å²) in [6.07, 6.45) is 1.58. The van der Waals surface area contributed by atoms with Crippen LogP contribution in [0.3, 0.4) is 0 Å². The van der Waals surface area contributed by atoms with Crippen molar-refractivity contribution in [2.24, 2.45) is 5.92 Å². The molecular weight excluding hydrogens is 514 g/mol. The zero-order valence-electron chi connectivity index (χ0n) is 19.7. The molecule has 0 saturated carbocycles. The SMILES string of the molecule is CC(C)CN(CC(=O)N(Cc1ccc2c(c1)OCO2)Cc1ccco1)C(=O)Nc1cccc(Br)c1. The van der Waals surface area contributed by atoms with E-state index in [-0.39, 0.29) is 37.7 Å². The van der Waals surface area contributed by atoms with Crippen LogP contribution in [0.5, 0.6) is 11.5 Å². The van der Waals surface area contributed by atoms with Gasteiger partial charge in [-0.05, 0) is 53.9 Å². The molecule has 0 aliphatic carbocycles. The fraction of sp³-hybridized carbons (Fsp3) is 0.308. The fourth-order valence-electron chi connectivity index (χ4n) is 3.77. The number of ether oxygens (including phenoxy) is 2. The Hall–Kier alpha value is -3.46. The van der Waals surface area contributed by atoms with Crippen molar-refractivity contribution in [2.45, 2.75) is 26.9 Å². The van der Waals surface area contributed by atoms with E-state index in [4.69, 9.17) is 13.9 Å². The highest BCUT2D eigenvalue weighted by Crippen LogP contribution is 2.33. The summed E-state index contributed by atoms with van der Waals surface area (Å²) in [5.41, 5.74) is 1.54. The molecule has 4 rings (SSSR count). The molecule has 3 amide bonds. The molecule has 0 fully saturated rings. The van der Waals surface area contributed by atoms with Crippen LogP contribution in [0, 0.1) is 5.92 Å². The lowest BCUT2D eigenvalue weighted by atomic mass is 10.1. The molecule has 0 unspecified atom stereocenters. The Morgan fingerprint density at radius 3 is 2.57 bits per heavy atom. The third-order valence-electron chi connectivity index (χ3n) is 5.36. The first-order valence-corrected chi connectivity index (χ1v) is 12.2. The van der Waals surface area contributed by atoms with Crippen LogP contribution in [0.15, 0.2) is 69.8 Å². The number of halogens is 1. The average Bonchev–Trinajstić information content (AvgIpc) is 3.49. The van der Waals surface area contributed by atoms with Crippen LogP contribution in [-0.4, -0.2) is 41.6 Å². The second-order valence-electron chi connectivity index (χ2n) is 8.73. The van der Waals surface area contributed by atoms with Crippen molar-refractivity contribution in [3.63, 3.8) is 0 Å². The Labute approximate surface area is 212 Å². The molecule has 1 N–H and O–H groups in total. The van der Waals surface area contributed by atoms with Crippen molar-refractivity contribution in [3.8, 4) is 11.5 Å². The molecule has 1 aromatic heterocycles. The lowest BCUT2D eigenvalue weighted by molar-refractivity contribution is -0.133. The smallest absolute Gasteiger partial charge is 0.322 e. The Morgan fingerprint density at radius 2 is 1.83 bits per heavy atom. The van der Waals surface area contributed by atoms with Crippen LogP contribution in [-0.2, 0) is 17.9 Å². The second-order valence-corrected chi connectivity index (χ2v) is 9.65. The van der Waals surface area contributed by atoms with Crippen LogP contribution in [0.25, 0.3) is 0 Å². The maximum Gasteiger partial charge on any atom is 0.322 e. The highest BCUT2D eigenvalue weighted by molar-refractivity contribution is 9.10. The van der Waals surface area contributed by atoms with Gasteiger partial charge in [0.1, 0.15) is 12.3 Å². The number of benzene rings is 2. The van der Waals surface area contributed by atoms with E-state index in [0.717, 1.165) is 10.0 Å². The van der Waals surface area contributed by atoms with Crippen molar-refractivity contribution in [3.05, 3.63) is 76.7 Å². The molecule has 0 spiro atoms.